The van der Waals surface area contributed by atoms with Crippen molar-refractivity contribution in [3.8, 4) is 0 Å². The van der Waals surface area contributed by atoms with E-state index in [1.54, 1.807) is 6.92 Å². The van der Waals surface area contributed by atoms with Crippen molar-refractivity contribution < 1.29 is 17.2 Å². The van der Waals surface area contributed by atoms with Gasteiger partial charge >= 0.3 is 0 Å². The minimum absolute atomic E-state index is 0.294. The van der Waals surface area contributed by atoms with Gasteiger partial charge in [0.05, 0.1) is 5.75 Å². The zero-order chi connectivity index (χ0) is 16.2. The lowest BCUT2D eigenvalue weighted by molar-refractivity contribution is 0.215. The Hall–Kier alpha value is -1.05. The molecular weight excluding hydrogens is 310 g/mol. The summed E-state index contributed by atoms with van der Waals surface area (Å²) in [6, 6.07) is 3.04. The number of sulfonamides is 1. The maximum absolute atomic E-state index is 13.6. The Morgan fingerprint density at radius 2 is 1.77 bits per heavy atom. The van der Waals surface area contributed by atoms with E-state index in [1.807, 2.05) is 0 Å². The molecule has 0 bridgehead atoms. The Labute approximate surface area is 130 Å². The van der Waals surface area contributed by atoms with E-state index < -0.39 is 33.0 Å². The van der Waals surface area contributed by atoms with Gasteiger partial charge < -0.3 is 4.90 Å². The van der Waals surface area contributed by atoms with Gasteiger partial charge in [0.25, 0.3) is 0 Å². The summed E-state index contributed by atoms with van der Waals surface area (Å²) in [6.07, 6.45) is 3.46. The van der Waals surface area contributed by atoms with E-state index in [0.29, 0.717) is 6.54 Å². The zero-order valence-electron chi connectivity index (χ0n) is 12.7. The Morgan fingerprint density at radius 3 is 2.36 bits per heavy atom. The molecule has 22 heavy (non-hydrogen) atoms. The van der Waals surface area contributed by atoms with E-state index in [2.05, 4.69) is 9.62 Å². The smallest absolute Gasteiger partial charge is 0.216 e. The molecule has 0 aliphatic carbocycles. The number of benzene rings is 1. The average molecular weight is 332 g/mol. The second-order valence-corrected chi connectivity index (χ2v) is 7.59. The third-order valence-electron chi connectivity index (χ3n) is 3.76. The van der Waals surface area contributed by atoms with Gasteiger partial charge in [0, 0.05) is 18.2 Å². The number of nitrogens with zero attached hydrogens (tertiary/aromatic N) is 1. The lowest BCUT2D eigenvalue weighted by atomic mass is 10.1. The molecule has 1 aliphatic heterocycles. The minimum Gasteiger partial charge on any atom is -0.302 e. The van der Waals surface area contributed by atoms with Crippen LogP contribution in [0.4, 0.5) is 8.78 Å². The molecule has 1 aromatic rings. The van der Waals surface area contributed by atoms with Crippen LogP contribution >= 0.6 is 0 Å². The van der Waals surface area contributed by atoms with Gasteiger partial charge in [0.2, 0.25) is 10.0 Å². The molecule has 0 saturated carbocycles. The number of halogens is 2. The molecular formula is C15H22F2N2O2S. The molecule has 0 unspecified atom stereocenters. The number of likely N-dealkylation sites (tertiary alicyclic amines) is 1. The van der Waals surface area contributed by atoms with E-state index in [9.17, 15) is 17.2 Å². The largest absolute Gasteiger partial charge is 0.302 e. The summed E-state index contributed by atoms with van der Waals surface area (Å²) in [5.74, 6) is -2.36. The fourth-order valence-electron chi connectivity index (χ4n) is 2.77. The van der Waals surface area contributed by atoms with Crippen LogP contribution in [-0.4, -0.2) is 39.0 Å². The Morgan fingerprint density at radius 1 is 1.18 bits per heavy atom. The molecule has 4 nitrogen and oxygen atoms in total. The highest BCUT2D eigenvalue weighted by Crippen LogP contribution is 2.15. The average Bonchev–Trinajstić information content (AvgIpc) is 2.43. The van der Waals surface area contributed by atoms with Crippen molar-refractivity contribution >= 4 is 10.0 Å². The van der Waals surface area contributed by atoms with Crippen molar-refractivity contribution in [2.75, 3.05) is 19.6 Å². The molecule has 0 aromatic heterocycles. The highest BCUT2D eigenvalue weighted by atomic mass is 32.2. The molecule has 124 valence electrons. The van der Waals surface area contributed by atoms with Crippen LogP contribution in [0.5, 0.6) is 0 Å². The van der Waals surface area contributed by atoms with Crippen molar-refractivity contribution in [3.05, 3.63) is 35.4 Å². The maximum Gasteiger partial charge on any atom is 0.216 e. The summed E-state index contributed by atoms with van der Waals surface area (Å²) in [5.41, 5.74) is -0.417. The van der Waals surface area contributed by atoms with E-state index in [-0.39, 0.29) is 6.04 Å². The van der Waals surface area contributed by atoms with E-state index >= 15 is 0 Å². The number of piperidine rings is 1. The SMILES string of the molecule is C[C@@H](CN1CCCCC1)NS(=O)(=O)Cc1c(F)cccc1F. The Kier molecular flexibility index (Phi) is 5.88. The predicted octanol–water partition coefficient (Wildman–Crippen LogP) is 2.26. The standard InChI is InChI=1S/C15H22F2N2O2S/c1-12(10-19-8-3-2-4-9-19)18-22(20,21)11-13-14(16)6-5-7-15(13)17/h5-7,12,18H,2-4,8-11H2,1H3/t12-/m0/s1. The third kappa shape index (κ3) is 5.00. The van der Waals surface area contributed by atoms with Crippen molar-refractivity contribution in [2.45, 2.75) is 38.0 Å². The lowest BCUT2D eigenvalue weighted by Crippen LogP contribution is -2.44. The lowest BCUT2D eigenvalue weighted by Gasteiger charge is -2.29. The zero-order valence-corrected chi connectivity index (χ0v) is 13.5. The van der Waals surface area contributed by atoms with Crippen LogP contribution in [-0.2, 0) is 15.8 Å². The molecule has 1 atom stereocenters. The molecule has 1 heterocycles. The van der Waals surface area contributed by atoms with Gasteiger partial charge in [-0.15, -0.1) is 0 Å². The summed E-state index contributed by atoms with van der Waals surface area (Å²) >= 11 is 0. The van der Waals surface area contributed by atoms with E-state index in [4.69, 9.17) is 0 Å². The summed E-state index contributed by atoms with van der Waals surface area (Å²) in [5, 5.41) is 0. The molecule has 1 saturated heterocycles. The molecule has 2 rings (SSSR count). The van der Waals surface area contributed by atoms with Crippen LogP contribution in [0.3, 0.4) is 0 Å². The fourth-order valence-corrected chi connectivity index (χ4v) is 4.20. The Balaban J connectivity index is 1.95. The summed E-state index contributed by atoms with van der Waals surface area (Å²) < 4.78 is 53.8. The molecule has 0 spiro atoms. The van der Waals surface area contributed by atoms with Gasteiger partial charge in [-0.05, 0) is 45.0 Å². The Bertz CT molecular complexity index is 581. The van der Waals surface area contributed by atoms with Crippen molar-refractivity contribution in [1.82, 2.24) is 9.62 Å². The predicted molar refractivity (Wildman–Crippen MR) is 81.9 cm³/mol. The first kappa shape index (κ1) is 17.3. The first-order valence-electron chi connectivity index (χ1n) is 7.52. The molecule has 1 aromatic carbocycles. The second kappa shape index (κ2) is 7.48. The highest BCUT2D eigenvalue weighted by Gasteiger charge is 2.21. The molecule has 1 fully saturated rings. The number of hydrogen-bond acceptors (Lipinski definition) is 3. The van der Waals surface area contributed by atoms with Gasteiger partial charge in [0.15, 0.2) is 0 Å². The molecule has 0 radical (unpaired) electrons. The van der Waals surface area contributed by atoms with Crippen LogP contribution in [0.15, 0.2) is 18.2 Å². The topological polar surface area (TPSA) is 49.4 Å². The van der Waals surface area contributed by atoms with E-state index in [1.165, 1.54) is 12.5 Å². The fraction of sp³-hybridized carbons (Fsp3) is 0.600. The summed E-state index contributed by atoms with van der Waals surface area (Å²) in [6.45, 7) is 4.31. The monoisotopic (exact) mass is 332 g/mol. The van der Waals surface area contributed by atoms with Crippen molar-refractivity contribution in [1.29, 1.82) is 0 Å². The van der Waals surface area contributed by atoms with Gasteiger partial charge in [-0.3, -0.25) is 0 Å². The highest BCUT2D eigenvalue weighted by molar-refractivity contribution is 7.88. The number of hydrogen-bond donors (Lipinski definition) is 1. The first-order valence-corrected chi connectivity index (χ1v) is 9.18. The van der Waals surface area contributed by atoms with Gasteiger partial charge in [-0.2, -0.15) is 0 Å². The van der Waals surface area contributed by atoms with Crippen LogP contribution < -0.4 is 4.72 Å². The van der Waals surface area contributed by atoms with Crippen LogP contribution in [0.1, 0.15) is 31.7 Å². The second-order valence-electron chi connectivity index (χ2n) is 5.84. The summed E-state index contributed by atoms with van der Waals surface area (Å²) in [7, 11) is -3.79. The van der Waals surface area contributed by atoms with Gasteiger partial charge in [0.1, 0.15) is 11.6 Å². The van der Waals surface area contributed by atoms with Crippen molar-refractivity contribution in [2.24, 2.45) is 0 Å². The first-order chi connectivity index (χ1) is 10.4. The van der Waals surface area contributed by atoms with E-state index in [0.717, 1.165) is 38.1 Å². The van der Waals surface area contributed by atoms with Crippen LogP contribution in [0, 0.1) is 11.6 Å². The number of rotatable bonds is 6. The number of nitrogens with one attached hydrogen (secondary N) is 1. The molecule has 1 N–H and O–H groups in total. The third-order valence-corrected chi connectivity index (χ3v) is 5.19. The van der Waals surface area contributed by atoms with Gasteiger partial charge in [-0.25, -0.2) is 21.9 Å². The van der Waals surface area contributed by atoms with Crippen molar-refractivity contribution in [3.63, 3.8) is 0 Å². The minimum atomic E-state index is -3.79. The maximum atomic E-state index is 13.6. The van der Waals surface area contributed by atoms with Crippen LogP contribution in [0.2, 0.25) is 0 Å². The quantitative estimate of drug-likeness (QED) is 0.869. The normalized spacial score (nSPS) is 18.3. The molecule has 1 aliphatic rings. The molecule has 7 heteroatoms. The van der Waals surface area contributed by atoms with Gasteiger partial charge in [-0.1, -0.05) is 12.5 Å². The molecule has 0 amide bonds. The van der Waals surface area contributed by atoms with Crippen LogP contribution in [0.25, 0.3) is 0 Å². The summed E-state index contributed by atoms with van der Waals surface area (Å²) in [4.78, 5) is 2.21.